The molecule has 6 heteroatoms. The highest BCUT2D eigenvalue weighted by atomic mass is 15.2. The van der Waals surface area contributed by atoms with E-state index in [0.717, 1.165) is 25.7 Å². The molecule has 0 heterocycles. The fraction of sp³-hybridized carbons (Fsp3) is 0.750. The van der Waals surface area contributed by atoms with Crippen molar-refractivity contribution in [2.24, 2.45) is 10.2 Å². The third-order valence-corrected chi connectivity index (χ3v) is 2.27. The summed E-state index contributed by atoms with van der Waals surface area (Å²) in [6, 6.07) is -0.387. The molecule has 1 aliphatic rings. The molecule has 74 valence electrons. The van der Waals surface area contributed by atoms with Gasteiger partial charge in [0.15, 0.2) is 0 Å². The van der Waals surface area contributed by atoms with Gasteiger partial charge in [-0.1, -0.05) is 22.4 Å². The van der Waals surface area contributed by atoms with Crippen LogP contribution in [0.25, 0.3) is 20.9 Å². The van der Waals surface area contributed by atoms with Gasteiger partial charge in [-0.3, -0.25) is 0 Å². The van der Waals surface area contributed by atoms with Gasteiger partial charge in [0.25, 0.3) is 0 Å². The number of hydrogen-bond donors (Lipinski definition) is 0. The molecule has 0 unspecified atom stereocenters. The van der Waals surface area contributed by atoms with E-state index >= 15 is 0 Å². The van der Waals surface area contributed by atoms with Crippen molar-refractivity contribution < 1.29 is 0 Å². The van der Waals surface area contributed by atoms with Gasteiger partial charge in [0.05, 0.1) is 0 Å². The second-order valence-electron chi connectivity index (χ2n) is 3.17. The summed E-state index contributed by atoms with van der Waals surface area (Å²) in [5, 5.41) is 7.33. The van der Waals surface area contributed by atoms with Gasteiger partial charge < -0.3 is 0 Å². The van der Waals surface area contributed by atoms with Crippen LogP contribution in [0.4, 0.5) is 0 Å². The highest BCUT2D eigenvalue weighted by Gasteiger charge is 2.18. The zero-order valence-electron chi connectivity index (χ0n) is 7.82. The lowest BCUT2D eigenvalue weighted by molar-refractivity contribution is 0.465. The van der Waals surface area contributed by atoms with Crippen LogP contribution < -0.4 is 0 Å². The van der Waals surface area contributed by atoms with E-state index in [9.17, 15) is 0 Å². The Hall–Kier alpha value is -1.64. The van der Waals surface area contributed by atoms with Gasteiger partial charge in [0, 0.05) is 21.9 Å². The summed E-state index contributed by atoms with van der Waals surface area (Å²) in [5.41, 5.74) is 16.7. The summed E-state index contributed by atoms with van der Waals surface area (Å²) in [6.07, 6.45) is 7.41. The minimum atomic E-state index is -0.194. The lowest BCUT2D eigenvalue weighted by Crippen LogP contribution is -2.22. The number of allylic oxidation sites excluding steroid dienone is 2. The van der Waals surface area contributed by atoms with Crippen molar-refractivity contribution in [3.8, 4) is 0 Å². The van der Waals surface area contributed by atoms with Crippen LogP contribution in [0.2, 0.25) is 0 Å². The maximum Gasteiger partial charge on any atom is 0.0461 e. The quantitative estimate of drug-likeness (QED) is 0.277. The predicted octanol–water partition coefficient (Wildman–Crippen LogP) is 3.47. The van der Waals surface area contributed by atoms with E-state index in [1.165, 1.54) is 0 Å². The summed E-state index contributed by atoms with van der Waals surface area (Å²) >= 11 is 0. The molecule has 0 aromatic heterocycles. The molecule has 0 aliphatic heterocycles. The Bertz CT molecular complexity index is 267. The van der Waals surface area contributed by atoms with Crippen molar-refractivity contribution in [2.45, 2.75) is 37.8 Å². The molecular formula is C8H12N6. The van der Waals surface area contributed by atoms with E-state index in [-0.39, 0.29) is 12.1 Å². The van der Waals surface area contributed by atoms with Crippen molar-refractivity contribution in [3.05, 3.63) is 33.0 Å². The largest absolute Gasteiger partial charge is 0.0902 e. The average molecular weight is 192 g/mol. The van der Waals surface area contributed by atoms with Crippen molar-refractivity contribution in [1.82, 2.24) is 0 Å². The van der Waals surface area contributed by atoms with E-state index in [4.69, 9.17) is 11.1 Å². The monoisotopic (exact) mass is 192 g/mol. The Balaban J connectivity index is 2.76. The number of azide groups is 2. The number of hydrogen-bond acceptors (Lipinski definition) is 2. The third kappa shape index (κ3) is 3.01. The van der Waals surface area contributed by atoms with Gasteiger partial charge in [-0.25, -0.2) is 0 Å². The summed E-state index contributed by atoms with van der Waals surface area (Å²) in [4.78, 5) is 5.56. The topological polar surface area (TPSA) is 97.5 Å². The van der Waals surface area contributed by atoms with Crippen molar-refractivity contribution in [2.75, 3.05) is 0 Å². The molecule has 0 aromatic carbocycles. The van der Waals surface area contributed by atoms with Gasteiger partial charge in [-0.2, -0.15) is 0 Å². The second-order valence-corrected chi connectivity index (χ2v) is 3.17. The molecule has 2 atom stereocenters. The average Bonchev–Trinajstić information content (AvgIpc) is 2.16. The minimum Gasteiger partial charge on any atom is -0.0902 e. The highest BCUT2D eigenvalue weighted by Crippen LogP contribution is 2.19. The van der Waals surface area contributed by atoms with Gasteiger partial charge in [-0.05, 0) is 36.7 Å². The number of nitrogens with zero attached hydrogens (tertiary/aromatic N) is 6. The summed E-state index contributed by atoms with van der Waals surface area (Å²) in [5.74, 6) is 0. The molecule has 0 bridgehead atoms. The SMILES string of the molecule is [N-]=[N+]=N[C@H]1CC/C=C\CC[C@@H]1N=[N+]=[N-]. The van der Waals surface area contributed by atoms with Crippen LogP contribution in [0.5, 0.6) is 0 Å². The maximum atomic E-state index is 8.37. The zero-order valence-corrected chi connectivity index (χ0v) is 7.82. The molecule has 6 nitrogen and oxygen atoms in total. The Morgan fingerprint density at radius 3 is 1.71 bits per heavy atom. The van der Waals surface area contributed by atoms with Gasteiger partial charge in [0.2, 0.25) is 0 Å². The van der Waals surface area contributed by atoms with Crippen molar-refractivity contribution in [3.63, 3.8) is 0 Å². The number of rotatable bonds is 2. The first-order valence-corrected chi connectivity index (χ1v) is 4.62. The first-order chi connectivity index (χ1) is 6.88. The van der Waals surface area contributed by atoms with Crippen LogP contribution in [-0.2, 0) is 0 Å². The smallest absolute Gasteiger partial charge is 0.0461 e. The van der Waals surface area contributed by atoms with E-state index in [1.807, 2.05) is 0 Å². The highest BCUT2D eigenvalue weighted by molar-refractivity contribution is 4.93. The molecule has 0 fully saturated rings. The minimum absolute atomic E-state index is 0.194. The normalized spacial score (nSPS) is 28.9. The van der Waals surface area contributed by atoms with Crippen molar-refractivity contribution >= 4 is 0 Å². The van der Waals surface area contributed by atoms with E-state index in [1.54, 1.807) is 0 Å². The zero-order chi connectivity index (χ0) is 10.2. The van der Waals surface area contributed by atoms with Gasteiger partial charge in [-0.15, -0.1) is 0 Å². The van der Waals surface area contributed by atoms with Crippen LogP contribution in [0, 0.1) is 0 Å². The molecule has 0 N–H and O–H groups in total. The van der Waals surface area contributed by atoms with Crippen molar-refractivity contribution in [1.29, 1.82) is 0 Å². The molecular weight excluding hydrogens is 180 g/mol. The van der Waals surface area contributed by atoms with E-state index in [2.05, 4.69) is 32.2 Å². The molecule has 0 saturated carbocycles. The summed E-state index contributed by atoms with van der Waals surface area (Å²) in [7, 11) is 0. The Morgan fingerprint density at radius 1 is 0.929 bits per heavy atom. The van der Waals surface area contributed by atoms with Gasteiger partial charge >= 0.3 is 0 Å². The second kappa shape index (κ2) is 5.91. The lowest BCUT2D eigenvalue weighted by atomic mass is 9.97. The predicted molar refractivity (Wildman–Crippen MR) is 53.5 cm³/mol. The van der Waals surface area contributed by atoms with E-state index in [0.29, 0.717) is 0 Å². The van der Waals surface area contributed by atoms with Crippen LogP contribution in [0.3, 0.4) is 0 Å². The standard InChI is InChI=1S/C8H12N6/c9-13-11-7-5-3-1-2-4-6-8(7)12-14-10/h1-2,7-8H,3-6H2/b2-1-/t7-,8-/m0/s1. The summed E-state index contributed by atoms with van der Waals surface area (Å²) < 4.78 is 0. The summed E-state index contributed by atoms with van der Waals surface area (Å²) in [6.45, 7) is 0. The first kappa shape index (κ1) is 10.4. The first-order valence-electron chi connectivity index (χ1n) is 4.62. The van der Waals surface area contributed by atoms with Crippen LogP contribution in [0.15, 0.2) is 22.4 Å². The molecule has 1 rings (SSSR count). The Morgan fingerprint density at radius 2 is 1.36 bits per heavy atom. The Labute approximate surface area is 81.9 Å². The molecule has 14 heavy (non-hydrogen) atoms. The third-order valence-electron chi connectivity index (χ3n) is 2.27. The van der Waals surface area contributed by atoms with Gasteiger partial charge in [0.1, 0.15) is 0 Å². The van der Waals surface area contributed by atoms with Crippen LogP contribution in [-0.4, -0.2) is 12.1 Å². The Kier molecular flexibility index (Phi) is 4.41. The molecule has 0 aromatic rings. The fourth-order valence-electron chi connectivity index (χ4n) is 1.56. The van der Waals surface area contributed by atoms with Crippen LogP contribution in [0.1, 0.15) is 25.7 Å². The molecule has 0 radical (unpaired) electrons. The molecule has 0 saturated heterocycles. The fourth-order valence-corrected chi connectivity index (χ4v) is 1.56. The maximum absolute atomic E-state index is 8.37. The molecule has 0 amide bonds. The van der Waals surface area contributed by atoms with Crippen LogP contribution >= 0.6 is 0 Å². The molecule has 0 spiro atoms. The molecule has 1 aliphatic carbocycles. The lowest BCUT2D eigenvalue weighted by Gasteiger charge is -2.19. The van der Waals surface area contributed by atoms with E-state index < -0.39 is 0 Å².